The van der Waals surface area contributed by atoms with Crippen LogP contribution in [0.25, 0.3) is 10.9 Å². The van der Waals surface area contributed by atoms with Crippen LogP contribution in [0.2, 0.25) is 0 Å². The molecule has 0 unspecified atom stereocenters. The van der Waals surface area contributed by atoms with E-state index in [9.17, 15) is 18.0 Å². The first-order valence-electron chi connectivity index (χ1n) is 10.3. The van der Waals surface area contributed by atoms with Crippen molar-refractivity contribution in [3.05, 3.63) is 65.9 Å². The summed E-state index contributed by atoms with van der Waals surface area (Å²) in [6.07, 6.45) is 1.13. The van der Waals surface area contributed by atoms with Gasteiger partial charge in [-0.1, -0.05) is 24.3 Å². The largest absolute Gasteiger partial charge is 0.454 e. The third kappa shape index (κ3) is 4.45. The molecule has 4 rings (SSSR count). The third-order valence-corrected chi connectivity index (χ3v) is 7.15. The van der Waals surface area contributed by atoms with Crippen LogP contribution in [0, 0.1) is 0 Å². The standard InChI is InChI=1S/C23H24N2O6S/c1-15-12-25(13-16(2)31-15)32(28,29)18-7-5-6-17(10-18)23(27)30-14-22(26)20-11-24-21-9-4-3-8-19(20)21/h3-11,15-16,24H,12-14H2,1-2H3/t15-,16-/m0/s1. The van der Waals surface area contributed by atoms with Crippen LogP contribution in [-0.2, 0) is 19.5 Å². The molecule has 0 aliphatic carbocycles. The van der Waals surface area contributed by atoms with Crippen LogP contribution in [0.3, 0.4) is 0 Å². The van der Waals surface area contributed by atoms with Crippen molar-refractivity contribution in [2.24, 2.45) is 0 Å². The minimum absolute atomic E-state index is 0.00351. The van der Waals surface area contributed by atoms with Crippen molar-refractivity contribution in [2.45, 2.75) is 31.0 Å². The van der Waals surface area contributed by atoms with Gasteiger partial charge in [-0.25, -0.2) is 13.2 Å². The molecule has 1 aliphatic heterocycles. The Balaban J connectivity index is 1.47. The van der Waals surface area contributed by atoms with E-state index in [0.717, 1.165) is 10.9 Å². The average Bonchev–Trinajstić information content (AvgIpc) is 3.21. The summed E-state index contributed by atoms with van der Waals surface area (Å²) in [5.74, 6) is -1.12. The van der Waals surface area contributed by atoms with Crippen LogP contribution < -0.4 is 0 Å². The van der Waals surface area contributed by atoms with Crippen LogP contribution in [0.4, 0.5) is 0 Å². The van der Waals surface area contributed by atoms with Gasteiger partial charge < -0.3 is 14.5 Å². The number of esters is 1. The number of rotatable bonds is 6. The summed E-state index contributed by atoms with van der Waals surface area (Å²) < 4.78 is 38.3. The van der Waals surface area contributed by atoms with Gasteiger partial charge in [0.25, 0.3) is 0 Å². The average molecular weight is 457 g/mol. The molecule has 8 nitrogen and oxygen atoms in total. The van der Waals surface area contributed by atoms with E-state index in [1.54, 1.807) is 6.20 Å². The van der Waals surface area contributed by atoms with Gasteiger partial charge in [0.15, 0.2) is 6.61 Å². The van der Waals surface area contributed by atoms with Gasteiger partial charge >= 0.3 is 5.97 Å². The van der Waals surface area contributed by atoms with Crippen molar-refractivity contribution in [1.82, 2.24) is 9.29 Å². The number of fused-ring (bicyclic) bond motifs is 1. The molecule has 1 N–H and O–H groups in total. The molecule has 2 aromatic carbocycles. The summed E-state index contributed by atoms with van der Waals surface area (Å²) in [6.45, 7) is 3.66. The third-order valence-electron chi connectivity index (χ3n) is 5.32. The number of hydrogen-bond acceptors (Lipinski definition) is 6. The van der Waals surface area contributed by atoms with Crippen molar-refractivity contribution in [3.63, 3.8) is 0 Å². The molecular weight excluding hydrogens is 432 g/mol. The van der Waals surface area contributed by atoms with Crippen LogP contribution >= 0.6 is 0 Å². The van der Waals surface area contributed by atoms with Crippen molar-refractivity contribution in [3.8, 4) is 0 Å². The SMILES string of the molecule is C[C@H]1CN(S(=O)(=O)c2cccc(C(=O)OCC(=O)c3c[nH]c4ccccc34)c2)C[C@H](C)O1. The lowest BCUT2D eigenvalue weighted by atomic mass is 10.1. The maximum atomic E-state index is 13.1. The molecule has 2 heterocycles. The summed E-state index contributed by atoms with van der Waals surface area (Å²) in [7, 11) is -3.80. The van der Waals surface area contributed by atoms with Crippen molar-refractivity contribution in [2.75, 3.05) is 19.7 Å². The number of aromatic amines is 1. The fraction of sp³-hybridized carbons (Fsp3) is 0.304. The summed E-state index contributed by atoms with van der Waals surface area (Å²) in [5, 5.41) is 0.746. The Kier molecular flexibility index (Phi) is 6.14. The first kappa shape index (κ1) is 22.2. The Hall–Kier alpha value is -3.01. The first-order chi connectivity index (χ1) is 15.3. The number of nitrogens with one attached hydrogen (secondary N) is 1. The zero-order chi connectivity index (χ0) is 22.9. The number of carbonyl (C=O) groups excluding carboxylic acids is 2. The van der Waals surface area contributed by atoms with Crippen LogP contribution in [0.15, 0.2) is 59.6 Å². The van der Waals surface area contributed by atoms with Gasteiger partial charge in [0.2, 0.25) is 15.8 Å². The van der Waals surface area contributed by atoms with Crippen molar-refractivity contribution < 1.29 is 27.5 Å². The van der Waals surface area contributed by atoms with E-state index < -0.39 is 22.6 Å². The Bertz CT molecular complexity index is 1260. The van der Waals surface area contributed by atoms with Gasteiger partial charge in [0, 0.05) is 35.8 Å². The Labute approximate surface area is 186 Å². The summed E-state index contributed by atoms with van der Waals surface area (Å²) >= 11 is 0. The number of Topliss-reactive ketones (excluding diaryl/α,β-unsaturated/α-hetero) is 1. The molecule has 1 aromatic heterocycles. The van der Waals surface area contributed by atoms with Crippen LogP contribution in [0.1, 0.15) is 34.6 Å². The fourth-order valence-corrected chi connectivity index (χ4v) is 5.49. The van der Waals surface area contributed by atoms with E-state index in [0.29, 0.717) is 5.56 Å². The Morgan fingerprint density at radius 3 is 2.56 bits per heavy atom. The molecule has 9 heteroatoms. The van der Waals surface area contributed by atoms with E-state index in [-0.39, 0.29) is 41.5 Å². The maximum absolute atomic E-state index is 13.1. The number of benzene rings is 2. The number of para-hydroxylation sites is 1. The number of ether oxygens (including phenoxy) is 2. The quantitative estimate of drug-likeness (QED) is 0.452. The molecule has 0 bridgehead atoms. The van der Waals surface area contributed by atoms with E-state index in [1.165, 1.54) is 28.6 Å². The molecule has 32 heavy (non-hydrogen) atoms. The van der Waals surface area contributed by atoms with E-state index in [2.05, 4.69) is 4.98 Å². The molecule has 0 amide bonds. The molecule has 0 radical (unpaired) electrons. The smallest absolute Gasteiger partial charge is 0.338 e. The lowest BCUT2D eigenvalue weighted by Gasteiger charge is -2.34. The van der Waals surface area contributed by atoms with E-state index in [1.807, 2.05) is 38.1 Å². The Morgan fingerprint density at radius 1 is 1.09 bits per heavy atom. The Morgan fingerprint density at radius 2 is 1.81 bits per heavy atom. The van der Waals surface area contributed by atoms with Gasteiger partial charge in [0.1, 0.15) is 0 Å². The van der Waals surface area contributed by atoms with Crippen LogP contribution in [0.5, 0.6) is 0 Å². The minimum atomic E-state index is -3.80. The van der Waals surface area contributed by atoms with Gasteiger partial charge in [-0.2, -0.15) is 4.31 Å². The highest BCUT2D eigenvalue weighted by molar-refractivity contribution is 7.89. The van der Waals surface area contributed by atoms with E-state index in [4.69, 9.17) is 9.47 Å². The second-order valence-corrected chi connectivity index (χ2v) is 9.79. The molecular formula is C23H24N2O6S. The number of hydrogen-bond donors (Lipinski definition) is 1. The number of carbonyl (C=O) groups is 2. The highest BCUT2D eigenvalue weighted by Crippen LogP contribution is 2.22. The van der Waals surface area contributed by atoms with Crippen LogP contribution in [-0.4, -0.2) is 61.4 Å². The second kappa shape index (κ2) is 8.85. The number of nitrogens with zero attached hydrogens (tertiary/aromatic N) is 1. The molecule has 0 saturated carbocycles. The number of aromatic nitrogens is 1. The highest BCUT2D eigenvalue weighted by atomic mass is 32.2. The van der Waals surface area contributed by atoms with Gasteiger partial charge in [-0.3, -0.25) is 4.79 Å². The monoisotopic (exact) mass is 456 g/mol. The molecule has 0 spiro atoms. The molecule has 1 aliphatic rings. The number of H-pyrrole nitrogens is 1. The maximum Gasteiger partial charge on any atom is 0.338 e. The first-order valence-corrected chi connectivity index (χ1v) is 11.7. The molecule has 168 valence electrons. The molecule has 1 fully saturated rings. The van der Waals surface area contributed by atoms with Gasteiger partial charge in [-0.15, -0.1) is 0 Å². The lowest BCUT2D eigenvalue weighted by Crippen LogP contribution is -2.48. The minimum Gasteiger partial charge on any atom is -0.454 e. The van der Waals surface area contributed by atoms with Crippen molar-refractivity contribution >= 4 is 32.7 Å². The predicted octanol–water partition coefficient (Wildman–Crippen LogP) is 3.01. The summed E-state index contributed by atoms with van der Waals surface area (Å²) in [4.78, 5) is 28.1. The zero-order valence-electron chi connectivity index (χ0n) is 17.8. The normalized spacial score (nSPS) is 19.7. The van der Waals surface area contributed by atoms with Gasteiger partial charge in [0.05, 0.1) is 22.7 Å². The molecule has 3 aromatic rings. The number of ketones is 1. The topological polar surface area (TPSA) is 106 Å². The predicted molar refractivity (Wildman–Crippen MR) is 118 cm³/mol. The number of morpholine rings is 1. The van der Waals surface area contributed by atoms with E-state index >= 15 is 0 Å². The zero-order valence-corrected chi connectivity index (χ0v) is 18.6. The second-order valence-electron chi connectivity index (χ2n) is 7.85. The lowest BCUT2D eigenvalue weighted by molar-refractivity contribution is -0.0440. The number of sulfonamides is 1. The molecule has 1 saturated heterocycles. The summed E-state index contributed by atoms with van der Waals surface area (Å²) in [6, 6.07) is 13.0. The van der Waals surface area contributed by atoms with Gasteiger partial charge in [-0.05, 0) is 38.1 Å². The summed E-state index contributed by atoms with van der Waals surface area (Å²) in [5.41, 5.74) is 1.30. The molecule has 2 atom stereocenters. The highest BCUT2D eigenvalue weighted by Gasteiger charge is 2.32. The van der Waals surface area contributed by atoms with Crippen molar-refractivity contribution in [1.29, 1.82) is 0 Å². The fourth-order valence-electron chi connectivity index (χ4n) is 3.85.